The number of anilines is 1. The van der Waals surface area contributed by atoms with E-state index >= 15 is 0 Å². The molecule has 0 saturated carbocycles. The van der Waals surface area contributed by atoms with Gasteiger partial charge < -0.3 is 14.4 Å². The number of methoxy groups -OCH3 is 1. The Bertz CT molecular complexity index is 1200. The molecule has 0 unspecified atom stereocenters. The van der Waals surface area contributed by atoms with E-state index in [1.54, 1.807) is 13.3 Å². The minimum absolute atomic E-state index is 0.226. The lowest BCUT2D eigenvalue weighted by atomic mass is 10.1. The number of thioether (sulfide) groups is 1. The number of nitrogens with one attached hydrogen (secondary N) is 1. The van der Waals surface area contributed by atoms with Crippen LogP contribution in [0.15, 0.2) is 77.9 Å². The van der Waals surface area contributed by atoms with Crippen LogP contribution in [-0.4, -0.2) is 67.9 Å². The second-order valence-electron chi connectivity index (χ2n) is 9.18. The lowest BCUT2D eigenvalue weighted by Crippen LogP contribution is -2.46. The smallest absolute Gasteiger partial charge is 0.271 e. The second-order valence-corrected chi connectivity index (χ2v) is 10.3. The van der Waals surface area contributed by atoms with Crippen molar-refractivity contribution < 1.29 is 14.3 Å². The predicted octanol–water partition coefficient (Wildman–Crippen LogP) is 4.28. The Morgan fingerprint density at radius 3 is 2.41 bits per heavy atom. The summed E-state index contributed by atoms with van der Waals surface area (Å²) in [7, 11) is 1.72. The molecular formula is C29H32N4O3S. The van der Waals surface area contributed by atoms with Gasteiger partial charge in [0.05, 0.1) is 19.0 Å². The van der Waals surface area contributed by atoms with Gasteiger partial charge in [-0.3, -0.25) is 9.69 Å². The average molecular weight is 517 g/mol. The third kappa shape index (κ3) is 6.64. The number of para-hydroxylation sites is 2. The highest BCUT2D eigenvalue weighted by atomic mass is 32.2. The topological polar surface area (TPSA) is 66.4 Å². The van der Waals surface area contributed by atoms with Gasteiger partial charge in [-0.05, 0) is 59.7 Å². The van der Waals surface area contributed by atoms with Crippen LogP contribution in [0.5, 0.6) is 11.5 Å². The molecule has 0 aliphatic carbocycles. The fraction of sp³-hybridized carbons (Fsp3) is 0.310. The number of benzene rings is 3. The summed E-state index contributed by atoms with van der Waals surface area (Å²) in [6.45, 7) is 4.71. The summed E-state index contributed by atoms with van der Waals surface area (Å²) in [6.07, 6.45) is 1.96. The Hall–Kier alpha value is -3.49. The highest BCUT2D eigenvalue weighted by Crippen LogP contribution is 2.28. The van der Waals surface area contributed by atoms with Crippen LogP contribution in [0.3, 0.4) is 0 Å². The lowest BCUT2D eigenvalue weighted by molar-refractivity contribution is 0.0955. The van der Waals surface area contributed by atoms with Crippen LogP contribution in [0.1, 0.15) is 21.5 Å². The van der Waals surface area contributed by atoms with Gasteiger partial charge in [0.25, 0.3) is 5.91 Å². The molecule has 5 rings (SSSR count). The van der Waals surface area contributed by atoms with Crippen LogP contribution >= 0.6 is 11.8 Å². The van der Waals surface area contributed by atoms with Crippen molar-refractivity contribution in [1.82, 2.24) is 10.3 Å². The molecule has 0 atom stereocenters. The largest absolute Gasteiger partial charge is 0.495 e. The Kier molecular flexibility index (Phi) is 8.28. The number of carbonyl (C=O) groups excluding carboxylic acids is 1. The number of rotatable bonds is 9. The van der Waals surface area contributed by atoms with Crippen LogP contribution in [0, 0.1) is 0 Å². The minimum atomic E-state index is -0.226. The molecule has 2 saturated heterocycles. The van der Waals surface area contributed by atoms with Gasteiger partial charge in [0, 0.05) is 49.8 Å². The fourth-order valence-corrected chi connectivity index (χ4v) is 4.96. The highest BCUT2D eigenvalue weighted by molar-refractivity contribution is 8.00. The third-order valence-electron chi connectivity index (χ3n) is 6.59. The van der Waals surface area contributed by atoms with Gasteiger partial charge in [-0.15, -0.1) is 0 Å². The second kappa shape index (κ2) is 12.2. The summed E-state index contributed by atoms with van der Waals surface area (Å²) < 4.78 is 11.4. The average Bonchev–Trinajstić information content (AvgIpc) is 2.92. The van der Waals surface area contributed by atoms with Gasteiger partial charge in [0.15, 0.2) is 0 Å². The molecule has 2 heterocycles. The first-order valence-electron chi connectivity index (χ1n) is 12.5. The van der Waals surface area contributed by atoms with Crippen molar-refractivity contribution in [2.24, 2.45) is 5.10 Å². The van der Waals surface area contributed by atoms with Crippen LogP contribution in [0.2, 0.25) is 0 Å². The number of hydrazone groups is 1. The lowest BCUT2D eigenvalue weighted by Gasteiger charge is -2.36. The normalized spacial score (nSPS) is 16.4. The van der Waals surface area contributed by atoms with E-state index in [-0.39, 0.29) is 5.91 Å². The first-order valence-corrected chi connectivity index (χ1v) is 13.7. The number of hydrogen-bond donors (Lipinski definition) is 1. The van der Waals surface area contributed by atoms with Gasteiger partial charge in [-0.2, -0.15) is 16.9 Å². The summed E-state index contributed by atoms with van der Waals surface area (Å²) in [5.74, 6) is 3.66. The quantitative estimate of drug-likeness (QED) is 0.338. The SMILES string of the molecule is COc1ccccc1N1CCN(Cc2ccc(C(=O)N/N=C\c3ccc(OC4CSC4)cc3)cc2)CC1. The number of piperazine rings is 1. The molecule has 192 valence electrons. The van der Waals surface area contributed by atoms with E-state index in [1.165, 1.54) is 5.56 Å². The Balaban J connectivity index is 1.07. The molecule has 3 aromatic carbocycles. The Labute approximate surface area is 222 Å². The molecule has 1 N–H and O–H groups in total. The van der Waals surface area contributed by atoms with Crippen molar-refractivity contribution in [2.45, 2.75) is 12.6 Å². The number of hydrogen-bond acceptors (Lipinski definition) is 7. The first-order chi connectivity index (χ1) is 18.2. The number of carbonyl (C=O) groups is 1. The maximum Gasteiger partial charge on any atom is 0.271 e. The van der Waals surface area contributed by atoms with Gasteiger partial charge in [-0.25, -0.2) is 5.43 Å². The van der Waals surface area contributed by atoms with Crippen molar-refractivity contribution in [3.63, 3.8) is 0 Å². The first kappa shape index (κ1) is 25.2. The zero-order valence-electron chi connectivity index (χ0n) is 21.0. The third-order valence-corrected chi connectivity index (χ3v) is 7.81. The number of nitrogens with zero attached hydrogens (tertiary/aromatic N) is 3. The molecule has 0 bridgehead atoms. The number of amides is 1. The monoisotopic (exact) mass is 516 g/mol. The van der Waals surface area contributed by atoms with Crippen LogP contribution in [-0.2, 0) is 6.54 Å². The van der Waals surface area contributed by atoms with Crippen molar-refractivity contribution in [3.05, 3.63) is 89.5 Å². The van der Waals surface area contributed by atoms with E-state index in [1.807, 2.05) is 72.4 Å². The van der Waals surface area contributed by atoms with E-state index in [0.29, 0.717) is 11.7 Å². The van der Waals surface area contributed by atoms with Gasteiger partial charge in [-0.1, -0.05) is 24.3 Å². The minimum Gasteiger partial charge on any atom is -0.495 e. The Morgan fingerprint density at radius 2 is 1.73 bits per heavy atom. The maximum absolute atomic E-state index is 12.5. The van der Waals surface area contributed by atoms with Crippen molar-refractivity contribution >= 4 is 29.6 Å². The van der Waals surface area contributed by atoms with E-state index in [2.05, 4.69) is 32.5 Å². The molecule has 7 nitrogen and oxygen atoms in total. The standard InChI is InChI=1S/C29H32N4O3S/c1-35-28-5-3-2-4-27(28)33-16-14-32(15-17-33)19-23-6-10-24(11-7-23)29(34)31-30-18-22-8-12-25(13-9-22)36-26-20-37-21-26/h2-13,18,26H,14-17,19-21H2,1H3,(H,31,34)/b30-18-. The van der Waals surface area contributed by atoms with Crippen LogP contribution < -0.4 is 19.8 Å². The number of ether oxygens (including phenoxy) is 2. The molecule has 0 radical (unpaired) electrons. The molecule has 2 aliphatic heterocycles. The van der Waals surface area contributed by atoms with E-state index in [0.717, 1.165) is 67.0 Å². The molecule has 2 fully saturated rings. The summed E-state index contributed by atoms with van der Waals surface area (Å²) in [6, 6.07) is 23.7. The Morgan fingerprint density at radius 1 is 1.00 bits per heavy atom. The molecular weight excluding hydrogens is 484 g/mol. The summed E-state index contributed by atoms with van der Waals surface area (Å²) in [5, 5.41) is 4.11. The van der Waals surface area contributed by atoms with Gasteiger partial charge in [0.1, 0.15) is 17.6 Å². The molecule has 2 aliphatic rings. The molecule has 37 heavy (non-hydrogen) atoms. The molecule has 1 amide bonds. The fourth-order valence-electron chi connectivity index (χ4n) is 4.39. The van der Waals surface area contributed by atoms with Gasteiger partial charge >= 0.3 is 0 Å². The highest BCUT2D eigenvalue weighted by Gasteiger charge is 2.20. The van der Waals surface area contributed by atoms with E-state index in [9.17, 15) is 4.79 Å². The van der Waals surface area contributed by atoms with E-state index < -0.39 is 0 Å². The van der Waals surface area contributed by atoms with Crippen molar-refractivity contribution in [3.8, 4) is 11.5 Å². The zero-order chi connectivity index (χ0) is 25.5. The van der Waals surface area contributed by atoms with Crippen molar-refractivity contribution in [1.29, 1.82) is 0 Å². The summed E-state index contributed by atoms with van der Waals surface area (Å²) >= 11 is 1.89. The van der Waals surface area contributed by atoms with Gasteiger partial charge in [0.2, 0.25) is 0 Å². The molecule has 0 aromatic heterocycles. The zero-order valence-corrected chi connectivity index (χ0v) is 21.8. The molecule has 0 spiro atoms. The summed E-state index contributed by atoms with van der Waals surface area (Å²) in [4.78, 5) is 17.3. The van der Waals surface area contributed by atoms with Crippen LogP contribution in [0.25, 0.3) is 0 Å². The molecule has 8 heteroatoms. The summed E-state index contributed by atoms with van der Waals surface area (Å²) in [5.41, 5.74) is 6.44. The van der Waals surface area contributed by atoms with E-state index in [4.69, 9.17) is 9.47 Å². The maximum atomic E-state index is 12.5. The molecule has 3 aromatic rings. The predicted molar refractivity (Wildman–Crippen MR) is 150 cm³/mol. The van der Waals surface area contributed by atoms with Crippen molar-refractivity contribution in [2.75, 3.05) is 49.7 Å². The van der Waals surface area contributed by atoms with Crippen LogP contribution in [0.4, 0.5) is 5.69 Å².